The minimum absolute atomic E-state index is 0.222. The first kappa shape index (κ1) is 28.6. The van der Waals surface area contributed by atoms with Crippen molar-refractivity contribution in [1.82, 2.24) is 0 Å². The first-order valence-electron chi connectivity index (χ1n) is 13.3. The quantitative estimate of drug-likeness (QED) is 0.412. The van der Waals surface area contributed by atoms with Crippen molar-refractivity contribution >= 4 is 17.9 Å². The van der Waals surface area contributed by atoms with Gasteiger partial charge in [-0.2, -0.15) is 0 Å². The van der Waals surface area contributed by atoms with Crippen LogP contribution in [0, 0.1) is 40.4 Å². The maximum Gasteiger partial charge on any atom is 0.317 e. The van der Waals surface area contributed by atoms with E-state index in [0.717, 1.165) is 30.1 Å². The van der Waals surface area contributed by atoms with Crippen molar-refractivity contribution in [3.63, 3.8) is 0 Å². The van der Waals surface area contributed by atoms with Gasteiger partial charge in [0.1, 0.15) is 0 Å². The third-order valence-corrected chi connectivity index (χ3v) is 9.96. The van der Waals surface area contributed by atoms with Crippen LogP contribution in [0.4, 0.5) is 0 Å². The SMILES string of the molecule is CC12CCCCC1CCC1C2CCC2(C)C(CCC(=O)O)CCC12.CCC(=O)O.NCC(=O)O. The minimum Gasteiger partial charge on any atom is -0.481 e. The van der Waals surface area contributed by atoms with Gasteiger partial charge in [0.25, 0.3) is 0 Å². The average molecular weight is 482 g/mol. The summed E-state index contributed by atoms with van der Waals surface area (Å²) in [6, 6.07) is 0. The topological polar surface area (TPSA) is 138 Å². The molecule has 4 aliphatic rings. The maximum atomic E-state index is 11.0. The van der Waals surface area contributed by atoms with E-state index in [9.17, 15) is 14.4 Å². The van der Waals surface area contributed by atoms with Gasteiger partial charge in [0.05, 0.1) is 6.54 Å². The summed E-state index contributed by atoms with van der Waals surface area (Å²) >= 11 is 0. The van der Waals surface area contributed by atoms with Crippen LogP contribution in [0.15, 0.2) is 0 Å². The highest BCUT2D eigenvalue weighted by Crippen LogP contribution is 2.67. The summed E-state index contributed by atoms with van der Waals surface area (Å²) < 4.78 is 0. The van der Waals surface area contributed by atoms with E-state index >= 15 is 0 Å². The Kier molecular flexibility index (Phi) is 10.4. The van der Waals surface area contributed by atoms with Gasteiger partial charge in [-0.05, 0) is 98.2 Å². The normalized spacial score (nSPS) is 37.9. The molecule has 0 aliphatic heterocycles. The monoisotopic (exact) mass is 481 g/mol. The maximum absolute atomic E-state index is 11.0. The molecular weight excluding hydrogens is 434 g/mol. The van der Waals surface area contributed by atoms with Crippen LogP contribution in [0.25, 0.3) is 0 Å². The molecule has 4 fully saturated rings. The largest absolute Gasteiger partial charge is 0.481 e. The molecule has 7 atom stereocenters. The fourth-order valence-electron chi connectivity index (χ4n) is 8.18. The van der Waals surface area contributed by atoms with Crippen molar-refractivity contribution in [1.29, 1.82) is 0 Å². The first-order valence-corrected chi connectivity index (χ1v) is 13.3. The van der Waals surface area contributed by atoms with E-state index in [0.29, 0.717) is 23.2 Å². The molecule has 34 heavy (non-hydrogen) atoms. The molecule has 0 radical (unpaired) electrons. The van der Waals surface area contributed by atoms with Crippen molar-refractivity contribution in [3.05, 3.63) is 0 Å². The number of carbonyl (C=O) groups is 3. The number of fused-ring (bicyclic) bond motifs is 5. The second kappa shape index (κ2) is 12.4. The summed E-state index contributed by atoms with van der Waals surface area (Å²) in [5.41, 5.74) is 5.64. The van der Waals surface area contributed by atoms with E-state index < -0.39 is 17.9 Å². The summed E-state index contributed by atoms with van der Waals surface area (Å²) in [7, 11) is 0. The minimum atomic E-state index is -0.968. The molecule has 4 rings (SSSR count). The van der Waals surface area contributed by atoms with Gasteiger partial charge < -0.3 is 21.1 Å². The summed E-state index contributed by atoms with van der Waals surface area (Å²) in [4.78, 5) is 29.7. The summed E-state index contributed by atoms with van der Waals surface area (Å²) in [6.07, 6.45) is 15.8. The second-order valence-electron chi connectivity index (χ2n) is 11.5. The Labute approximate surface area is 204 Å². The highest BCUT2D eigenvalue weighted by molar-refractivity contribution is 5.68. The second-order valence-corrected chi connectivity index (χ2v) is 11.5. The Bertz CT molecular complexity index is 697. The Hall–Kier alpha value is -1.63. The lowest BCUT2D eigenvalue weighted by atomic mass is 9.45. The smallest absolute Gasteiger partial charge is 0.317 e. The summed E-state index contributed by atoms with van der Waals surface area (Å²) in [5, 5.41) is 24.4. The van der Waals surface area contributed by atoms with Crippen molar-refractivity contribution < 1.29 is 29.7 Å². The van der Waals surface area contributed by atoms with E-state index in [4.69, 9.17) is 15.3 Å². The lowest BCUT2D eigenvalue weighted by molar-refractivity contribution is -0.138. The molecule has 0 saturated heterocycles. The van der Waals surface area contributed by atoms with Crippen molar-refractivity contribution in [2.24, 2.45) is 46.2 Å². The lowest BCUT2D eigenvalue weighted by Gasteiger charge is -2.60. The molecule has 196 valence electrons. The zero-order valence-corrected chi connectivity index (χ0v) is 21.4. The van der Waals surface area contributed by atoms with Crippen LogP contribution >= 0.6 is 0 Å². The van der Waals surface area contributed by atoms with Crippen molar-refractivity contribution in [3.8, 4) is 0 Å². The third kappa shape index (κ3) is 6.52. The fourth-order valence-corrected chi connectivity index (χ4v) is 8.18. The molecule has 0 aromatic carbocycles. The number of rotatable bonds is 5. The van der Waals surface area contributed by atoms with Gasteiger partial charge in [-0.25, -0.2) is 0 Å². The van der Waals surface area contributed by atoms with Crippen LogP contribution in [0.3, 0.4) is 0 Å². The fraction of sp³-hybridized carbons (Fsp3) is 0.889. The number of hydrogen-bond donors (Lipinski definition) is 4. The Morgan fingerprint density at radius 2 is 1.41 bits per heavy atom. The molecule has 0 heterocycles. The number of carboxylic acids is 3. The molecule has 5 N–H and O–H groups in total. The predicted molar refractivity (Wildman–Crippen MR) is 131 cm³/mol. The highest BCUT2D eigenvalue weighted by Gasteiger charge is 2.59. The number of hydrogen-bond acceptors (Lipinski definition) is 4. The van der Waals surface area contributed by atoms with Gasteiger partial charge in [0.2, 0.25) is 0 Å². The van der Waals surface area contributed by atoms with E-state index in [1.54, 1.807) is 6.92 Å². The molecule has 7 nitrogen and oxygen atoms in total. The molecule has 0 aromatic rings. The Balaban J connectivity index is 0.000000347. The van der Waals surface area contributed by atoms with Gasteiger partial charge in [-0.15, -0.1) is 0 Å². The first-order chi connectivity index (χ1) is 16.0. The number of carboxylic acid groups (broad SMARTS) is 3. The lowest BCUT2D eigenvalue weighted by Crippen LogP contribution is -2.52. The van der Waals surface area contributed by atoms with Gasteiger partial charge in [0, 0.05) is 12.8 Å². The van der Waals surface area contributed by atoms with E-state index in [1.807, 2.05) is 0 Å². The summed E-state index contributed by atoms with van der Waals surface area (Å²) in [6.45, 7) is 6.50. The Morgan fingerprint density at radius 1 is 0.794 bits per heavy atom. The van der Waals surface area contributed by atoms with Gasteiger partial charge in [0.15, 0.2) is 0 Å². The predicted octanol–water partition coefficient (Wildman–Crippen LogP) is 5.41. The van der Waals surface area contributed by atoms with Crippen molar-refractivity contribution in [2.75, 3.05) is 6.54 Å². The average Bonchev–Trinajstić information content (AvgIpc) is 3.14. The molecule has 0 bridgehead atoms. The molecule has 0 aromatic heterocycles. The van der Waals surface area contributed by atoms with Crippen LogP contribution in [0.2, 0.25) is 0 Å². The van der Waals surface area contributed by atoms with E-state index in [-0.39, 0.29) is 13.0 Å². The van der Waals surface area contributed by atoms with Gasteiger partial charge in [-0.1, -0.05) is 33.6 Å². The highest BCUT2D eigenvalue weighted by atomic mass is 16.4. The van der Waals surface area contributed by atoms with Crippen LogP contribution in [0.5, 0.6) is 0 Å². The van der Waals surface area contributed by atoms with E-state index in [2.05, 4.69) is 19.6 Å². The molecule has 0 spiro atoms. The van der Waals surface area contributed by atoms with Crippen LogP contribution in [-0.2, 0) is 14.4 Å². The summed E-state index contributed by atoms with van der Waals surface area (Å²) in [5.74, 6) is 2.14. The molecular formula is C27H47NO6. The van der Waals surface area contributed by atoms with E-state index in [1.165, 1.54) is 64.2 Å². The zero-order chi connectivity index (χ0) is 25.5. The van der Waals surface area contributed by atoms with Crippen LogP contribution in [-0.4, -0.2) is 39.8 Å². The van der Waals surface area contributed by atoms with Crippen LogP contribution in [0.1, 0.15) is 104 Å². The molecule has 7 heteroatoms. The molecule has 7 unspecified atom stereocenters. The number of aliphatic carboxylic acids is 3. The van der Waals surface area contributed by atoms with Gasteiger partial charge >= 0.3 is 17.9 Å². The molecule has 0 amide bonds. The van der Waals surface area contributed by atoms with Crippen LogP contribution < -0.4 is 5.73 Å². The molecule has 4 saturated carbocycles. The van der Waals surface area contributed by atoms with Gasteiger partial charge in [-0.3, -0.25) is 14.4 Å². The standard InChI is InChI=1S/C22H36O2.C3H6O2.C2H5NO2/c1-21-13-4-3-5-15(21)6-9-17-18-10-7-16(8-11-20(23)24)22(18,2)14-12-19(17)21;1-2-3(4)5;3-1-2(4)5/h15-19H,3-14H2,1-2H3,(H,23,24);2H2,1H3,(H,4,5);1,3H2,(H,4,5). The number of nitrogens with two attached hydrogens (primary N) is 1. The van der Waals surface area contributed by atoms with Crippen molar-refractivity contribution in [2.45, 2.75) is 104 Å². The third-order valence-electron chi connectivity index (χ3n) is 9.96. The zero-order valence-electron chi connectivity index (χ0n) is 21.4. The molecule has 4 aliphatic carbocycles. The Morgan fingerprint density at radius 3 is 1.97 bits per heavy atom.